The van der Waals surface area contributed by atoms with E-state index < -0.39 is 0 Å². The van der Waals surface area contributed by atoms with Crippen LogP contribution in [-0.4, -0.2) is 26.9 Å². The molecular weight excluding hydrogens is 1080 g/mol. The lowest BCUT2D eigenvalue weighted by molar-refractivity contribution is 0.466. The van der Waals surface area contributed by atoms with Crippen LogP contribution in [0.5, 0.6) is 46.0 Å². The van der Waals surface area contributed by atoms with E-state index in [2.05, 4.69) is 264 Å². The Morgan fingerprint density at radius 1 is 0.236 bits per heavy atom. The van der Waals surface area contributed by atoms with Gasteiger partial charge < -0.3 is 28.7 Å². The molecule has 6 nitrogen and oxygen atoms in total. The predicted molar refractivity (Wildman–Crippen MR) is 375 cm³/mol. The quantitative estimate of drug-likeness (QED) is 0.164. The predicted octanol–water partition coefficient (Wildman–Crippen LogP) is 11.8. The number of aryl methyl sites for hydroxylation is 13. The third-order valence-electron chi connectivity index (χ3n) is 20.0. The monoisotopic (exact) mass is 1150 g/mol. The Morgan fingerprint density at radius 3 is 1.01 bits per heavy atom. The number of para-hydroxylation sites is 1. The lowest BCUT2D eigenvalue weighted by Gasteiger charge is -2.45. The Labute approximate surface area is 524 Å². The van der Waals surface area contributed by atoms with Crippen molar-refractivity contribution in [3.8, 4) is 46.0 Å². The van der Waals surface area contributed by atoms with E-state index in [1.54, 1.807) is 0 Å². The van der Waals surface area contributed by atoms with Crippen LogP contribution in [0.4, 0.5) is 34.1 Å². The van der Waals surface area contributed by atoms with Gasteiger partial charge in [-0.25, -0.2) is 0 Å². The fourth-order valence-corrected chi connectivity index (χ4v) is 17.0. The van der Waals surface area contributed by atoms with Crippen molar-refractivity contribution in [3.63, 3.8) is 0 Å². The standard InChI is InChI=1S/C79H66B4N2O4/c1-41-18-21-67-59(34-41)80-56-16-14-15-17-66(56)88-78-74-64(39-70(86-67)76(78)80)84(54-30-44(4)24-45(5)31-54)62-38-63-58(37-57(62)82(74)72-50(10)26-48(8)27-51(72)11)83(73-52(12)28-49(9)29-53(73)13)75-65(85(63)55-32-46(6)25-47(7)33-55)40-71-77-79(75)89-69-23-20-43(3)36-61(69)81(77)60-35-42(2)19-22-68(60)87-71/h14-40H,1-13H3. The van der Waals surface area contributed by atoms with Crippen molar-refractivity contribution in [1.29, 1.82) is 0 Å². The van der Waals surface area contributed by atoms with Gasteiger partial charge in [-0.2, -0.15) is 0 Å². The van der Waals surface area contributed by atoms with Gasteiger partial charge in [0.05, 0.1) is 0 Å². The van der Waals surface area contributed by atoms with Crippen LogP contribution in [0.3, 0.4) is 0 Å². The molecule has 11 aromatic rings. The first-order valence-electron chi connectivity index (χ1n) is 31.6. The van der Waals surface area contributed by atoms with E-state index in [0.717, 1.165) is 124 Å². The molecule has 10 heteroatoms. The van der Waals surface area contributed by atoms with Gasteiger partial charge in [-0.05, 0) is 211 Å². The number of anilines is 6. The minimum atomic E-state index is -0.306. The van der Waals surface area contributed by atoms with Crippen LogP contribution >= 0.6 is 0 Å². The summed E-state index contributed by atoms with van der Waals surface area (Å²) in [5, 5.41) is 0. The van der Waals surface area contributed by atoms with Crippen LogP contribution in [0.2, 0.25) is 0 Å². The molecule has 6 aliphatic heterocycles. The summed E-state index contributed by atoms with van der Waals surface area (Å²) in [7, 11) is 0. The summed E-state index contributed by atoms with van der Waals surface area (Å²) in [6.07, 6.45) is 0. The first kappa shape index (κ1) is 53.7. The van der Waals surface area contributed by atoms with Crippen molar-refractivity contribution in [3.05, 3.63) is 236 Å². The first-order chi connectivity index (χ1) is 42.9. The highest BCUT2D eigenvalue weighted by molar-refractivity contribution is 7.04. The zero-order valence-electron chi connectivity index (χ0n) is 52.9. The summed E-state index contributed by atoms with van der Waals surface area (Å²) in [6, 6.07) is 62.1. The fourth-order valence-electron chi connectivity index (χ4n) is 17.0. The molecule has 0 atom stereocenters. The maximum atomic E-state index is 7.73. The number of fused-ring (bicyclic) bond motifs is 14. The second-order valence-electron chi connectivity index (χ2n) is 26.9. The molecule has 0 bridgehead atoms. The lowest BCUT2D eigenvalue weighted by Crippen LogP contribution is -2.66. The Bertz CT molecular complexity index is 4930. The van der Waals surface area contributed by atoms with E-state index in [1.807, 2.05) is 0 Å². The Kier molecular flexibility index (Phi) is 11.6. The highest BCUT2D eigenvalue weighted by Crippen LogP contribution is 2.49. The lowest BCUT2D eigenvalue weighted by atomic mass is 9.28. The third-order valence-corrected chi connectivity index (χ3v) is 20.0. The molecule has 0 radical (unpaired) electrons. The summed E-state index contributed by atoms with van der Waals surface area (Å²) in [5.74, 6) is 6.82. The SMILES string of the molecule is Cc1cc(C)cc(N2c3cc4c(cc3B(c3c(C)cc(C)cc3C)c3c2cc2c5c3Oc3ccccc3B5c3cc(C)ccc3O2)B(c2c(C)cc(C)cc2C)c2c(cc3c5c2Oc2ccc(C)cc2B5c2cc(C)ccc2O3)N4c2cc(C)cc(C)c2)c1. The van der Waals surface area contributed by atoms with Crippen LogP contribution in [-0.2, 0) is 0 Å². The molecule has 6 heterocycles. The topological polar surface area (TPSA) is 43.4 Å². The summed E-state index contributed by atoms with van der Waals surface area (Å²) in [4.78, 5) is 5.09. The second kappa shape index (κ2) is 19.2. The maximum Gasteiger partial charge on any atom is 0.260 e. The summed E-state index contributed by atoms with van der Waals surface area (Å²) < 4.78 is 30.0. The van der Waals surface area contributed by atoms with Gasteiger partial charge in [0.25, 0.3) is 26.9 Å². The molecule has 11 aromatic carbocycles. The molecule has 6 aliphatic rings. The average molecular weight is 1150 g/mol. The Morgan fingerprint density at radius 2 is 0.596 bits per heavy atom. The normalized spacial score (nSPS) is 13.9. The summed E-state index contributed by atoms with van der Waals surface area (Å²) in [5.41, 5.74) is 36.0. The number of rotatable bonds is 4. The maximum absolute atomic E-state index is 7.73. The van der Waals surface area contributed by atoms with Gasteiger partial charge in [-0.15, -0.1) is 0 Å². The summed E-state index contributed by atoms with van der Waals surface area (Å²) >= 11 is 0. The van der Waals surface area contributed by atoms with Gasteiger partial charge in [0, 0.05) is 57.2 Å². The van der Waals surface area contributed by atoms with E-state index >= 15 is 0 Å². The smallest absolute Gasteiger partial charge is 0.260 e. The molecule has 428 valence electrons. The minimum absolute atomic E-state index is 0.125. The molecule has 0 aromatic heterocycles. The molecule has 89 heavy (non-hydrogen) atoms. The minimum Gasteiger partial charge on any atom is -0.459 e. The number of nitrogens with zero attached hydrogens (tertiary/aromatic N) is 2. The van der Waals surface area contributed by atoms with Crippen molar-refractivity contribution < 1.29 is 18.9 Å². The zero-order valence-corrected chi connectivity index (χ0v) is 52.9. The number of ether oxygens (including phenoxy) is 4. The van der Waals surface area contributed by atoms with Gasteiger partial charge in [0.15, 0.2) is 0 Å². The molecule has 17 rings (SSSR count). The highest BCUT2D eigenvalue weighted by Gasteiger charge is 2.52. The average Bonchev–Trinajstić information content (AvgIpc) is 0.695. The van der Waals surface area contributed by atoms with Crippen LogP contribution in [0.1, 0.15) is 72.3 Å². The Hall–Kier alpha value is -9.52. The second-order valence-corrected chi connectivity index (χ2v) is 26.9. The number of benzene rings is 11. The molecule has 0 unspecified atom stereocenters. The van der Waals surface area contributed by atoms with Crippen molar-refractivity contribution in [1.82, 2.24) is 0 Å². The highest BCUT2D eigenvalue weighted by atomic mass is 16.5. The molecule has 0 amide bonds. The van der Waals surface area contributed by atoms with Gasteiger partial charge in [-0.1, -0.05) is 158 Å². The van der Waals surface area contributed by atoms with Gasteiger partial charge in [-0.3, -0.25) is 0 Å². The van der Waals surface area contributed by atoms with E-state index in [9.17, 15) is 0 Å². The fraction of sp³-hybridized carbons (Fsp3) is 0.165. The van der Waals surface area contributed by atoms with Crippen molar-refractivity contribution in [2.75, 3.05) is 9.80 Å². The van der Waals surface area contributed by atoms with Crippen molar-refractivity contribution in [2.45, 2.75) is 90.0 Å². The van der Waals surface area contributed by atoms with Crippen LogP contribution < -0.4 is 94.3 Å². The van der Waals surface area contributed by atoms with Gasteiger partial charge in [0.2, 0.25) is 0 Å². The molecule has 0 saturated heterocycles. The van der Waals surface area contributed by atoms with Crippen LogP contribution in [0, 0.1) is 90.0 Å². The molecule has 0 saturated carbocycles. The van der Waals surface area contributed by atoms with E-state index in [4.69, 9.17) is 18.9 Å². The van der Waals surface area contributed by atoms with Crippen molar-refractivity contribution >= 4 is 127 Å². The largest absolute Gasteiger partial charge is 0.459 e. The van der Waals surface area contributed by atoms with E-state index in [0.29, 0.717) is 0 Å². The molecule has 0 spiro atoms. The van der Waals surface area contributed by atoms with Crippen LogP contribution in [0.25, 0.3) is 0 Å². The molecule has 0 N–H and O–H groups in total. The zero-order chi connectivity index (χ0) is 60.9. The van der Waals surface area contributed by atoms with Gasteiger partial charge >= 0.3 is 0 Å². The van der Waals surface area contributed by atoms with Gasteiger partial charge in [0.1, 0.15) is 46.0 Å². The summed E-state index contributed by atoms with van der Waals surface area (Å²) in [6.45, 7) is 28.3. The molecule has 0 fully saturated rings. The number of hydrogen-bond donors (Lipinski definition) is 0. The van der Waals surface area contributed by atoms with E-state index in [1.165, 1.54) is 94.2 Å². The number of hydrogen-bond acceptors (Lipinski definition) is 6. The van der Waals surface area contributed by atoms with Crippen LogP contribution in [0.15, 0.2) is 164 Å². The van der Waals surface area contributed by atoms with E-state index in [-0.39, 0.29) is 26.9 Å². The third kappa shape index (κ3) is 7.94. The first-order valence-corrected chi connectivity index (χ1v) is 31.6. The molecule has 0 aliphatic carbocycles. The Balaban J connectivity index is 1.04. The molecular formula is C79H66B4N2O4. The van der Waals surface area contributed by atoms with Crippen molar-refractivity contribution in [2.24, 2.45) is 0 Å².